The van der Waals surface area contributed by atoms with Gasteiger partial charge in [0.05, 0.1) is 11.1 Å². The van der Waals surface area contributed by atoms with Crippen molar-refractivity contribution in [3.05, 3.63) is 41.0 Å². The van der Waals surface area contributed by atoms with Gasteiger partial charge in [0.15, 0.2) is 0 Å². The highest BCUT2D eigenvalue weighted by Gasteiger charge is 2.08. The lowest BCUT2D eigenvalue weighted by molar-refractivity contribution is 0.0827. The largest absolute Gasteiger partial charge is 0.345 e. The molecule has 0 saturated carbocycles. The highest BCUT2D eigenvalue weighted by molar-refractivity contribution is 6.31. The topological polar surface area (TPSA) is 33.2 Å². The second-order valence-electron chi connectivity index (χ2n) is 3.76. The number of nitrogens with zero attached hydrogens (tertiary/aromatic N) is 2. The number of carbonyl (C=O) groups is 1. The Hall–Kier alpha value is -1.61. The summed E-state index contributed by atoms with van der Waals surface area (Å²) < 4.78 is 0. The third-order valence-electron chi connectivity index (χ3n) is 2.30. The molecule has 82 valence electrons. The van der Waals surface area contributed by atoms with Crippen molar-refractivity contribution in [3.63, 3.8) is 0 Å². The van der Waals surface area contributed by atoms with Crippen LogP contribution in [0.2, 0.25) is 5.02 Å². The van der Waals surface area contributed by atoms with Gasteiger partial charge in [0.1, 0.15) is 0 Å². The van der Waals surface area contributed by atoms with Gasteiger partial charge in [0, 0.05) is 30.7 Å². The van der Waals surface area contributed by atoms with E-state index in [9.17, 15) is 4.79 Å². The van der Waals surface area contributed by atoms with E-state index in [4.69, 9.17) is 11.6 Å². The van der Waals surface area contributed by atoms with E-state index in [-0.39, 0.29) is 5.91 Å². The van der Waals surface area contributed by atoms with Crippen LogP contribution in [0.3, 0.4) is 0 Å². The van der Waals surface area contributed by atoms with Crippen molar-refractivity contribution in [2.24, 2.45) is 0 Å². The van der Waals surface area contributed by atoms with Gasteiger partial charge in [-0.25, -0.2) is 0 Å². The number of hydrogen-bond acceptors (Lipinski definition) is 2. The van der Waals surface area contributed by atoms with Crippen molar-refractivity contribution in [2.45, 2.75) is 0 Å². The van der Waals surface area contributed by atoms with Gasteiger partial charge >= 0.3 is 0 Å². The molecule has 3 nitrogen and oxygen atoms in total. The van der Waals surface area contributed by atoms with E-state index in [0.29, 0.717) is 10.6 Å². The van der Waals surface area contributed by atoms with Crippen LogP contribution in [-0.4, -0.2) is 29.9 Å². The maximum Gasteiger partial charge on any atom is 0.254 e. The third kappa shape index (κ3) is 1.99. The van der Waals surface area contributed by atoms with E-state index >= 15 is 0 Å². The van der Waals surface area contributed by atoms with Crippen molar-refractivity contribution in [3.8, 4) is 0 Å². The van der Waals surface area contributed by atoms with Crippen LogP contribution < -0.4 is 0 Å². The molecule has 1 amide bonds. The Morgan fingerprint density at radius 3 is 2.75 bits per heavy atom. The van der Waals surface area contributed by atoms with Crippen LogP contribution >= 0.6 is 11.6 Å². The molecule has 0 fully saturated rings. The first-order valence-corrected chi connectivity index (χ1v) is 5.22. The van der Waals surface area contributed by atoms with Crippen LogP contribution in [0.15, 0.2) is 30.5 Å². The number of pyridine rings is 1. The molecule has 0 saturated heterocycles. The fourth-order valence-electron chi connectivity index (χ4n) is 1.47. The minimum Gasteiger partial charge on any atom is -0.345 e. The van der Waals surface area contributed by atoms with Gasteiger partial charge < -0.3 is 4.90 Å². The molecule has 1 heterocycles. The number of rotatable bonds is 1. The predicted octanol–water partition coefficient (Wildman–Crippen LogP) is 2.59. The first kappa shape index (κ1) is 10.9. The normalized spacial score (nSPS) is 10.4. The first-order chi connectivity index (χ1) is 7.58. The number of benzene rings is 1. The molecule has 0 aliphatic carbocycles. The van der Waals surface area contributed by atoms with Gasteiger partial charge in [0.2, 0.25) is 0 Å². The van der Waals surface area contributed by atoms with E-state index in [1.807, 2.05) is 12.1 Å². The maximum atomic E-state index is 11.7. The first-order valence-electron chi connectivity index (χ1n) is 4.85. The van der Waals surface area contributed by atoms with Gasteiger partial charge in [-0.1, -0.05) is 17.7 Å². The summed E-state index contributed by atoms with van der Waals surface area (Å²) in [5.41, 5.74) is 1.38. The fraction of sp³-hybridized carbons (Fsp3) is 0.167. The zero-order valence-electron chi connectivity index (χ0n) is 9.07. The lowest BCUT2D eigenvalue weighted by Gasteiger charge is -2.10. The van der Waals surface area contributed by atoms with Crippen LogP contribution in [0.4, 0.5) is 0 Å². The molecule has 0 aliphatic heterocycles. The second kappa shape index (κ2) is 4.10. The zero-order valence-corrected chi connectivity index (χ0v) is 9.82. The average molecular weight is 235 g/mol. The molecule has 4 heteroatoms. The Labute approximate surface area is 98.7 Å². The highest BCUT2D eigenvalue weighted by Crippen LogP contribution is 2.18. The summed E-state index contributed by atoms with van der Waals surface area (Å²) in [5, 5.41) is 1.56. The molecule has 0 N–H and O–H groups in total. The molecule has 0 bridgehead atoms. The molecule has 16 heavy (non-hydrogen) atoms. The molecular weight excluding hydrogens is 224 g/mol. The minimum absolute atomic E-state index is 0.0515. The number of hydrogen-bond donors (Lipinski definition) is 0. The number of amides is 1. The summed E-state index contributed by atoms with van der Waals surface area (Å²) >= 11 is 5.86. The summed E-state index contributed by atoms with van der Waals surface area (Å²) in [7, 11) is 3.43. The van der Waals surface area contributed by atoms with Gasteiger partial charge in [-0.15, -0.1) is 0 Å². The SMILES string of the molecule is CN(C)C(=O)c1cnc2cc(Cl)ccc2c1. The summed E-state index contributed by atoms with van der Waals surface area (Å²) in [6.07, 6.45) is 1.57. The Morgan fingerprint density at radius 1 is 1.31 bits per heavy atom. The van der Waals surface area contributed by atoms with Gasteiger partial charge in [-0.2, -0.15) is 0 Å². The summed E-state index contributed by atoms with van der Waals surface area (Å²) in [6.45, 7) is 0. The van der Waals surface area contributed by atoms with Crippen molar-refractivity contribution in [1.29, 1.82) is 0 Å². The third-order valence-corrected chi connectivity index (χ3v) is 2.53. The number of halogens is 1. The summed E-state index contributed by atoms with van der Waals surface area (Å²) in [5.74, 6) is -0.0515. The van der Waals surface area contributed by atoms with Crippen molar-refractivity contribution in [1.82, 2.24) is 9.88 Å². The number of fused-ring (bicyclic) bond motifs is 1. The van der Waals surface area contributed by atoms with Crippen LogP contribution in [0.1, 0.15) is 10.4 Å². The summed E-state index contributed by atoms with van der Waals surface area (Å²) in [4.78, 5) is 17.5. The van der Waals surface area contributed by atoms with Crippen LogP contribution in [0.5, 0.6) is 0 Å². The van der Waals surface area contributed by atoms with E-state index in [0.717, 1.165) is 10.9 Å². The monoisotopic (exact) mass is 234 g/mol. The Balaban J connectivity index is 2.52. The lowest BCUT2D eigenvalue weighted by Crippen LogP contribution is -2.21. The van der Waals surface area contributed by atoms with E-state index in [1.54, 1.807) is 32.4 Å². The molecule has 2 aromatic rings. The Kier molecular flexibility index (Phi) is 2.79. The maximum absolute atomic E-state index is 11.7. The van der Waals surface area contributed by atoms with Crippen molar-refractivity contribution >= 4 is 28.4 Å². The zero-order chi connectivity index (χ0) is 11.7. The quantitative estimate of drug-likeness (QED) is 0.760. The average Bonchev–Trinajstić information content (AvgIpc) is 2.27. The van der Waals surface area contributed by atoms with Crippen LogP contribution in [0.25, 0.3) is 10.9 Å². The molecule has 0 radical (unpaired) electrons. The molecule has 2 rings (SSSR count). The molecule has 0 unspecified atom stereocenters. The Morgan fingerprint density at radius 2 is 2.06 bits per heavy atom. The minimum atomic E-state index is -0.0515. The van der Waals surface area contributed by atoms with Gasteiger partial charge in [-0.05, 0) is 18.2 Å². The number of carbonyl (C=O) groups excluding carboxylic acids is 1. The molecule has 1 aromatic heterocycles. The molecule has 0 atom stereocenters. The molecular formula is C12H11ClN2O. The molecule has 0 aliphatic rings. The highest BCUT2D eigenvalue weighted by atomic mass is 35.5. The van der Waals surface area contributed by atoms with Gasteiger partial charge in [0.25, 0.3) is 5.91 Å². The van der Waals surface area contributed by atoms with E-state index < -0.39 is 0 Å². The van der Waals surface area contributed by atoms with Crippen LogP contribution in [0, 0.1) is 0 Å². The molecule has 1 aromatic carbocycles. The second-order valence-corrected chi connectivity index (χ2v) is 4.20. The Bertz CT molecular complexity index is 552. The standard InChI is InChI=1S/C12H11ClN2O/c1-15(2)12(16)9-5-8-3-4-10(13)6-11(8)14-7-9/h3-7H,1-2H3. The van der Waals surface area contributed by atoms with E-state index in [2.05, 4.69) is 4.98 Å². The lowest BCUT2D eigenvalue weighted by atomic mass is 10.1. The van der Waals surface area contributed by atoms with Crippen molar-refractivity contribution in [2.75, 3.05) is 14.1 Å². The van der Waals surface area contributed by atoms with Crippen LogP contribution in [-0.2, 0) is 0 Å². The smallest absolute Gasteiger partial charge is 0.254 e. The van der Waals surface area contributed by atoms with E-state index in [1.165, 1.54) is 4.90 Å². The van der Waals surface area contributed by atoms with Gasteiger partial charge in [-0.3, -0.25) is 9.78 Å². The number of aromatic nitrogens is 1. The fourth-order valence-corrected chi connectivity index (χ4v) is 1.64. The molecule has 0 spiro atoms. The summed E-state index contributed by atoms with van der Waals surface area (Å²) in [6, 6.07) is 7.24. The predicted molar refractivity (Wildman–Crippen MR) is 64.8 cm³/mol. The van der Waals surface area contributed by atoms with Crippen molar-refractivity contribution < 1.29 is 4.79 Å².